The van der Waals surface area contributed by atoms with E-state index < -0.39 is 0 Å². The van der Waals surface area contributed by atoms with Crippen LogP contribution in [0.4, 0.5) is 5.82 Å². The van der Waals surface area contributed by atoms with Crippen LogP contribution in [0.2, 0.25) is 0 Å². The zero-order chi connectivity index (χ0) is 8.01. The van der Waals surface area contributed by atoms with Crippen LogP contribution in [0.1, 0.15) is 11.3 Å². The fourth-order valence-electron chi connectivity index (χ4n) is 1.58. The van der Waals surface area contributed by atoms with Crippen LogP contribution in [-0.4, -0.2) is 21.7 Å². The van der Waals surface area contributed by atoms with E-state index in [1.54, 1.807) is 0 Å². The highest BCUT2D eigenvalue weighted by atomic mass is 15.3. The summed E-state index contributed by atoms with van der Waals surface area (Å²) in [6.07, 6.45) is 0. The minimum absolute atomic E-state index is 0.687. The van der Waals surface area contributed by atoms with Crippen molar-refractivity contribution in [1.29, 1.82) is 0 Å². The summed E-state index contributed by atoms with van der Waals surface area (Å²) in [5.41, 5.74) is 8.15. The molecule has 0 saturated carbocycles. The molecule has 0 saturated heterocycles. The Kier molecular flexibility index (Phi) is 1.20. The number of fused-ring (bicyclic) bond motifs is 1. The van der Waals surface area contributed by atoms with E-state index >= 15 is 0 Å². The van der Waals surface area contributed by atoms with E-state index in [0.717, 1.165) is 13.1 Å². The van der Waals surface area contributed by atoms with E-state index in [9.17, 15) is 0 Å². The van der Waals surface area contributed by atoms with Crippen LogP contribution in [0.3, 0.4) is 0 Å². The van der Waals surface area contributed by atoms with Gasteiger partial charge in [0.2, 0.25) is 0 Å². The number of hydrogen-bond acceptors (Lipinski definition) is 3. The van der Waals surface area contributed by atoms with E-state index in [-0.39, 0.29) is 0 Å². The van der Waals surface area contributed by atoms with Gasteiger partial charge in [-0.05, 0) is 7.05 Å². The van der Waals surface area contributed by atoms with Gasteiger partial charge in [0.25, 0.3) is 0 Å². The third-order valence-electron chi connectivity index (χ3n) is 2.15. The van der Waals surface area contributed by atoms with Gasteiger partial charge in [-0.2, -0.15) is 5.10 Å². The smallest absolute Gasteiger partial charge is 0.150 e. The predicted molar refractivity (Wildman–Crippen MR) is 42.8 cm³/mol. The van der Waals surface area contributed by atoms with Gasteiger partial charge >= 0.3 is 0 Å². The molecule has 2 heterocycles. The molecule has 0 aromatic carbocycles. The van der Waals surface area contributed by atoms with Crippen molar-refractivity contribution >= 4 is 5.82 Å². The van der Waals surface area contributed by atoms with Crippen LogP contribution in [-0.2, 0) is 20.1 Å². The molecule has 1 aliphatic rings. The van der Waals surface area contributed by atoms with Gasteiger partial charge in [0, 0.05) is 25.7 Å². The Morgan fingerprint density at radius 2 is 2.09 bits per heavy atom. The SMILES string of the molecule is CN1Cc2c(N)nn(C)c2C1. The topological polar surface area (TPSA) is 47.1 Å². The van der Waals surface area contributed by atoms with E-state index in [4.69, 9.17) is 5.73 Å². The number of aryl methyl sites for hydroxylation is 1. The lowest BCUT2D eigenvalue weighted by Crippen LogP contribution is -2.11. The molecule has 0 radical (unpaired) electrons. The van der Waals surface area contributed by atoms with Crippen molar-refractivity contribution in [1.82, 2.24) is 14.7 Å². The van der Waals surface area contributed by atoms with Crippen molar-refractivity contribution in [3.63, 3.8) is 0 Å². The first kappa shape index (κ1) is 6.67. The lowest BCUT2D eigenvalue weighted by molar-refractivity contribution is 0.344. The Balaban J connectivity index is 2.51. The van der Waals surface area contributed by atoms with Crippen LogP contribution in [0, 0.1) is 0 Å². The lowest BCUT2D eigenvalue weighted by Gasteiger charge is -2.05. The second kappa shape index (κ2) is 1.98. The van der Waals surface area contributed by atoms with Gasteiger partial charge in [-0.25, -0.2) is 0 Å². The number of hydrogen-bond donors (Lipinski definition) is 1. The fraction of sp³-hybridized carbons (Fsp3) is 0.571. The maximum absolute atomic E-state index is 5.70. The number of rotatable bonds is 0. The molecule has 2 N–H and O–H groups in total. The van der Waals surface area contributed by atoms with Gasteiger partial charge < -0.3 is 5.73 Å². The summed E-state index contributed by atoms with van der Waals surface area (Å²) in [7, 11) is 4.02. The molecule has 0 unspecified atom stereocenters. The average molecular weight is 152 g/mol. The fourth-order valence-corrected chi connectivity index (χ4v) is 1.58. The van der Waals surface area contributed by atoms with Gasteiger partial charge in [0.1, 0.15) is 5.82 Å². The average Bonchev–Trinajstić information content (AvgIpc) is 2.38. The van der Waals surface area contributed by atoms with E-state index in [1.165, 1.54) is 11.3 Å². The molecule has 0 bridgehead atoms. The largest absolute Gasteiger partial charge is 0.382 e. The van der Waals surface area contributed by atoms with E-state index in [1.807, 2.05) is 11.7 Å². The molecule has 1 aliphatic heterocycles. The first-order chi connectivity index (χ1) is 5.18. The molecule has 0 fully saturated rings. The summed E-state index contributed by atoms with van der Waals surface area (Å²) in [5.74, 6) is 0.687. The van der Waals surface area contributed by atoms with Gasteiger partial charge in [0.15, 0.2) is 0 Å². The van der Waals surface area contributed by atoms with Crippen molar-refractivity contribution in [3.8, 4) is 0 Å². The summed E-state index contributed by atoms with van der Waals surface area (Å²) in [5, 5.41) is 4.13. The molecule has 11 heavy (non-hydrogen) atoms. The summed E-state index contributed by atoms with van der Waals surface area (Å²) in [4.78, 5) is 2.22. The Bertz CT molecular complexity index is 262. The maximum Gasteiger partial charge on any atom is 0.150 e. The zero-order valence-corrected chi connectivity index (χ0v) is 6.83. The van der Waals surface area contributed by atoms with Crippen molar-refractivity contribution < 1.29 is 0 Å². The molecule has 60 valence electrons. The van der Waals surface area contributed by atoms with E-state index in [0.29, 0.717) is 5.82 Å². The van der Waals surface area contributed by atoms with Crippen molar-refractivity contribution in [3.05, 3.63) is 11.3 Å². The molecule has 0 amide bonds. The highest BCUT2D eigenvalue weighted by Crippen LogP contribution is 2.24. The molecule has 1 aromatic heterocycles. The second-order valence-electron chi connectivity index (χ2n) is 3.11. The molecule has 2 rings (SSSR count). The lowest BCUT2D eigenvalue weighted by atomic mass is 10.3. The Morgan fingerprint density at radius 1 is 1.36 bits per heavy atom. The van der Waals surface area contributed by atoms with Crippen molar-refractivity contribution in [2.45, 2.75) is 13.1 Å². The molecule has 0 atom stereocenters. The van der Waals surface area contributed by atoms with Gasteiger partial charge in [-0.1, -0.05) is 0 Å². The molecule has 4 nitrogen and oxygen atoms in total. The van der Waals surface area contributed by atoms with Crippen LogP contribution >= 0.6 is 0 Å². The van der Waals surface area contributed by atoms with Crippen molar-refractivity contribution in [2.24, 2.45) is 7.05 Å². The molecule has 1 aromatic rings. The summed E-state index contributed by atoms with van der Waals surface area (Å²) >= 11 is 0. The zero-order valence-electron chi connectivity index (χ0n) is 6.83. The summed E-state index contributed by atoms with van der Waals surface area (Å²) < 4.78 is 1.87. The highest BCUT2D eigenvalue weighted by Gasteiger charge is 2.22. The molecule has 0 aliphatic carbocycles. The second-order valence-corrected chi connectivity index (χ2v) is 3.11. The number of anilines is 1. The third-order valence-corrected chi connectivity index (χ3v) is 2.15. The minimum Gasteiger partial charge on any atom is -0.382 e. The Labute approximate surface area is 65.6 Å². The van der Waals surface area contributed by atoms with Crippen LogP contribution in [0.5, 0.6) is 0 Å². The summed E-state index contributed by atoms with van der Waals surface area (Å²) in [6, 6.07) is 0. The van der Waals surface area contributed by atoms with Gasteiger partial charge in [-0.3, -0.25) is 9.58 Å². The highest BCUT2D eigenvalue weighted by molar-refractivity contribution is 5.44. The Morgan fingerprint density at radius 3 is 2.73 bits per heavy atom. The molecule has 0 spiro atoms. The first-order valence-electron chi connectivity index (χ1n) is 3.67. The van der Waals surface area contributed by atoms with Gasteiger partial charge in [-0.15, -0.1) is 0 Å². The normalized spacial score (nSPS) is 17.3. The minimum atomic E-state index is 0.687. The third kappa shape index (κ3) is 0.826. The quantitative estimate of drug-likeness (QED) is 0.567. The van der Waals surface area contributed by atoms with Crippen molar-refractivity contribution in [2.75, 3.05) is 12.8 Å². The maximum atomic E-state index is 5.70. The molecular weight excluding hydrogens is 140 g/mol. The number of aromatic nitrogens is 2. The van der Waals surface area contributed by atoms with Crippen LogP contribution in [0.25, 0.3) is 0 Å². The first-order valence-corrected chi connectivity index (χ1v) is 3.67. The number of nitrogens with two attached hydrogens (primary N) is 1. The monoisotopic (exact) mass is 152 g/mol. The molecule has 4 heteroatoms. The summed E-state index contributed by atoms with van der Waals surface area (Å²) in [6.45, 7) is 1.91. The number of nitrogens with zero attached hydrogens (tertiary/aromatic N) is 3. The van der Waals surface area contributed by atoms with E-state index in [2.05, 4.69) is 17.0 Å². The van der Waals surface area contributed by atoms with Gasteiger partial charge in [0.05, 0.1) is 5.69 Å². The number of nitrogen functional groups attached to an aromatic ring is 1. The molecular formula is C7H12N4. The standard InChI is InChI=1S/C7H12N4/c1-10-3-5-6(4-10)11(2)9-7(5)8/h3-4H2,1-2H3,(H2,8,9). The van der Waals surface area contributed by atoms with Crippen LogP contribution < -0.4 is 5.73 Å². The Hall–Kier alpha value is -1.03. The van der Waals surface area contributed by atoms with Crippen LogP contribution in [0.15, 0.2) is 0 Å². The predicted octanol–water partition coefficient (Wildman–Crippen LogP) is -0.0523.